The van der Waals surface area contributed by atoms with E-state index in [9.17, 15) is 38.4 Å². The predicted molar refractivity (Wildman–Crippen MR) is 146 cm³/mol. The fourth-order valence-electron chi connectivity index (χ4n) is 5.14. The molecular formula is C27H30F3N5O7S. The molecule has 1 amide bonds. The third-order valence-electron chi connectivity index (χ3n) is 7.65. The molecule has 4 heterocycles. The Bertz CT molecular complexity index is 1410. The van der Waals surface area contributed by atoms with Gasteiger partial charge in [-0.25, -0.2) is 17.9 Å². The smallest absolute Gasteiger partial charge is 0.242 e. The summed E-state index contributed by atoms with van der Waals surface area (Å²) in [5, 5.41) is 50.7. The summed E-state index contributed by atoms with van der Waals surface area (Å²) in [7, 11) is 1.52. The summed E-state index contributed by atoms with van der Waals surface area (Å²) in [5.41, 5.74) is -2.60. The summed E-state index contributed by atoms with van der Waals surface area (Å²) in [5.74, 6) is -5.04. The van der Waals surface area contributed by atoms with E-state index in [2.05, 4.69) is 15.3 Å². The molecule has 5 rings (SSSR count). The first-order chi connectivity index (χ1) is 20.5. The van der Waals surface area contributed by atoms with Gasteiger partial charge in [-0.1, -0.05) is 5.21 Å². The lowest BCUT2D eigenvalue weighted by molar-refractivity contribution is -0.179. The standard InChI is InChI=1S/C27H30F3N5O7S/c1-34(15-3-2-6-31-11-15)25(39)24(27(40)4-7-41-8-5-27)43-26-23(38)21(22(37)19(13-36)42-26)35-12-18(32-33-35)14-9-16(28)20(30)17(29)10-14/h2-3,6,9-12,19,21-24,26,36-38,40H,4-5,7-8,13H2,1H3/t19-,21+,22+,23-,24?,26+/m1/s1. The Hall–Kier alpha value is -3.12. The molecular weight excluding hydrogens is 595 g/mol. The molecule has 1 aromatic carbocycles. The Morgan fingerprint density at radius 3 is 2.53 bits per heavy atom. The molecule has 2 aliphatic heterocycles. The van der Waals surface area contributed by atoms with Crippen molar-refractivity contribution in [2.75, 3.05) is 31.8 Å². The summed E-state index contributed by atoms with van der Waals surface area (Å²) in [4.78, 5) is 19.2. The largest absolute Gasteiger partial charge is 0.394 e. The van der Waals surface area contributed by atoms with Crippen LogP contribution < -0.4 is 4.90 Å². The van der Waals surface area contributed by atoms with Crippen LogP contribution in [-0.2, 0) is 14.3 Å². The van der Waals surface area contributed by atoms with E-state index < -0.39 is 70.6 Å². The molecule has 2 aromatic heterocycles. The van der Waals surface area contributed by atoms with Crippen LogP contribution in [0.15, 0.2) is 42.9 Å². The predicted octanol–water partition coefficient (Wildman–Crippen LogP) is 1.04. The number of carbonyl (C=O) groups is 1. The Kier molecular flexibility index (Phi) is 9.36. The third kappa shape index (κ3) is 6.26. The van der Waals surface area contributed by atoms with Gasteiger partial charge in [-0.15, -0.1) is 16.9 Å². The lowest BCUT2D eigenvalue weighted by Crippen LogP contribution is -2.58. The lowest BCUT2D eigenvalue weighted by atomic mass is 9.89. The van der Waals surface area contributed by atoms with Gasteiger partial charge >= 0.3 is 0 Å². The quantitative estimate of drug-likeness (QED) is 0.265. The zero-order chi connectivity index (χ0) is 30.9. The number of ether oxygens (including phenoxy) is 2. The van der Waals surface area contributed by atoms with Crippen molar-refractivity contribution in [3.8, 4) is 11.3 Å². The summed E-state index contributed by atoms with van der Waals surface area (Å²) >= 11 is 0.825. The zero-order valence-electron chi connectivity index (χ0n) is 22.8. The highest BCUT2D eigenvalue weighted by Gasteiger charge is 2.51. The summed E-state index contributed by atoms with van der Waals surface area (Å²) in [6.07, 6.45) is 0.0820. The van der Waals surface area contributed by atoms with Gasteiger partial charge in [0.2, 0.25) is 5.91 Å². The van der Waals surface area contributed by atoms with E-state index in [4.69, 9.17) is 9.47 Å². The fraction of sp³-hybridized carbons (Fsp3) is 0.481. The average molecular weight is 626 g/mol. The van der Waals surface area contributed by atoms with E-state index in [0.717, 1.165) is 28.6 Å². The molecule has 0 saturated carbocycles. The topological polar surface area (TPSA) is 163 Å². The maximum atomic E-state index is 13.9. The fourth-order valence-corrected chi connectivity index (χ4v) is 6.70. The monoisotopic (exact) mass is 625 g/mol. The van der Waals surface area contributed by atoms with Gasteiger partial charge in [0.25, 0.3) is 0 Å². The summed E-state index contributed by atoms with van der Waals surface area (Å²) in [6, 6.07) is 3.46. The summed E-state index contributed by atoms with van der Waals surface area (Å²) < 4.78 is 53.4. The SMILES string of the molecule is CN(C(=O)C(S[C@@H]1O[C@H](CO)[C@H](O)[C@H](n2cc(-c3cc(F)c(F)c(F)c3)nn2)[C@H]1O)C1(O)CCOCC1)c1cccnc1. The van der Waals surface area contributed by atoms with Gasteiger partial charge in [-0.05, 0) is 24.3 Å². The van der Waals surface area contributed by atoms with E-state index >= 15 is 0 Å². The highest BCUT2D eigenvalue weighted by atomic mass is 32.2. The van der Waals surface area contributed by atoms with Gasteiger partial charge in [0.1, 0.15) is 40.7 Å². The van der Waals surface area contributed by atoms with E-state index in [0.29, 0.717) is 5.69 Å². The lowest BCUT2D eigenvalue weighted by Gasteiger charge is -2.45. The third-order valence-corrected chi connectivity index (χ3v) is 9.22. The number of benzene rings is 1. The van der Waals surface area contributed by atoms with Gasteiger partial charge in [0.05, 0.1) is 30.3 Å². The molecule has 0 spiro atoms. The number of anilines is 1. The van der Waals surface area contributed by atoms with E-state index in [1.807, 2.05) is 0 Å². The van der Waals surface area contributed by atoms with Crippen LogP contribution >= 0.6 is 11.8 Å². The molecule has 232 valence electrons. The normalized spacial score (nSPS) is 26.2. The van der Waals surface area contributed by atoms with Gasteiger partial charge < -0.3 is 34.8 Å². The van der Waals surface area contributed by atoms with Crippen molar-refractivity contribution in [1.29, 1.82) is 0 Å². The number of hydrogen-bond acceptors (Lipinski definition) is 11. The molecule has 0 radical (unpaired) electrons. The number of rotatable bonds is 8. The van der Waals surface area contributed by atoms with Crippen LogP contribution in [0.4, 0.5) is 18.9 Å². The second-order valence-electron chi connectivity index (χ2n) is 10.4. The Morgan fingerprint density at radius 2 is 1.91 bits per heavy atom. The number of pyridine rings is 1. The summed E-state index contributed by atoms with van der Waals surface area (Å²) in [6.45, 7) is -0.291. The Labute approximate surface area is 248 Å². The minimum absolute atomic E-state index is 0.0869. The number of nitrogens with zero attached hydrogens (tertiary/aromatic N) is 5. The number of halogens is 3. The van der Waals surface area contributed by atoms with Crippen LogP contribution in [0.1, 0.15) is 18.9 Å². The molecule has 43 heavy (non-hydrogen) atoms. The number of amides is 1. The number of aliphatic hydroxyl groups excluding tert-OH is 3. The molecule has 0 bridgehead atoms. The van der Waals surface area contributed by atoms with E-state index in [1.165, 1.54) is 24.3 Å². The van der Waals surface area contributed by atoms with E-state index in [1.54, 1.807) is 18.3 Å². The molecule has 2 aliphatic rings. The molecule has 2 saturated heterocycles. The Morgan fingerprint density at radius 1 is 1.21 bits per heavy atom. The van der Waals surface area contributed by atoms with Crippen molar-refractivity contribution < 1.29 is 47.9 Å². The number of aromatic nitrogens is 4. The van der Waals surface area contributed by atoms with Gasteiger partial charge in [-0.3, -0.25) is 9.78 Å². The first-order valence-corrected chi connectivity index (χ1v) is 14.3. The number of carbonyl (C=O) groups excluding carboxylic acids is 1. The number of thioether (sulfide) groups is 1. The van der Waals surface area contributed by atoms with Crippen molar-refractivity contribution >= 4 is 23.4 Å². The van der Waals surface area contributed by atoms with Crippen LogP contribution in [-0.4, -0.2) is 108 Å². The molecule has 4 N–H and O–H groups in total. The second kappa shape index (κ2) is 12.9. The molecule has 6 atom stereocenters. The van der Waals surface area contributed by atoms with Gasteiger partial charge in [0.15, 0.2) is 17.5 Å². The van der Waals surface area contributed by atoms with E-state index in [-0.39, 0.29) is 37.3 Å². The maximum Gasteiger partial charge on any atom is 0.242 e. The van der Waals surface area contributed by atoms with Crippen molar-refractivity contribution in [3.63, 3.8) is 0 Å². The molecule has 12 nitrogen and oxygen atoms in total. The molecule has 0 aliphatic carbocycles. The van der Waals surface area contributed by atoms with Crippen molar-refractivity contribution in [2.24, 2.45) is 0 Å². The van der Waals surface area contributed by atoms with Crippen LogP contribution in [0.3, 0.4) is 0 Å². The van der Waals surface area contributed by atoms with Crippen LogP contribution in [0, 0.1) is 17.5 Å². The highest BCUT2D eigenvalue weighted by molar-refractivity contribution is 8.01. The zero-order valence-corrected chi connectivity index (χ0v) is 23.6. The Balaban J connectivity index is 1.45. The van der Waals surface area contributed by atoms with Crippen molar-refractivity contribution in [1.82, 2.24) is 20.0 Å². The first kappa shape index (κ1) is 31.3. The molecule has 3 aromatic rings. The van der Waals surface area contributed by atoms with Crippen molar-refractivity contribution in [2.45, 2.75) is 53.5 Å². The number of hydrogen-bond donors (Lipinski definition) is 4. The first-order valence-electron chi connectivity index (χ1n) is 13.4. The highest BCUT2D eigenvalue weighted by Crippen LogP contribution is 2.42. The second-order valence-corrected chi connectivity index (χ2v) is 11.6. The molecule has 2 fully saturated rings. The van der Waals surface area contributed by atoms with Crippen LogP contribution in [0.5, 0.6) is 0 Å². The number of aliphatic hydroxyl groups is 4. The minimum atomic E-state index is -1.65. The van der Waals surface area contributed by atoms with Gasteiger partial charge in [-0.2, -0.15) is 0 Å². The minimum Gasteiger partial charge on any atom is -0.394 e. The van der Waals surface area contributed by atoms with Crippen molar-refractivity contribution in [3.05, 3.63) is 60.3 Å². The maximum absolute atomic E-state index is 13.9. The molecule has 16 heteroatoms. The van der Waals surface area contributed by atoms with Crippen LogP contribution in [0.2, 0.25) is 0 Å². The molecule has 1 unspecified atom stereocenters. The van der Waals surface area contributed by atoms with Gasteiger partial charge in [0, 0.05) is 44.9 Å². The average Bonchev–Trinajstić information content (AvgIpc) is 3.49. The van der Waals surface area contributed by atoms with Crippen LogP contribution in [0.25, 0.3) is 11.3 Å².